The third kappa shape index (κ3) is 5.39. The molecule has 1 aromatic heterocycles. The lowest BCUT2D eigenvalue weighted by molar-refractivity contribution is -0.866. The molecule has 5 N–H and O–H groups in total. The number of pyridine rings is 1. The van der Waals surface area contributed by atoms with E-state index in [1.54, 1.807) is 14.0 Å². The maximum absolute atomic E-state index is 14.6. The molecular formula is C22H29FN6O3. The second-order valence-corrected chi connectivity index (χ2v) is 8.48. The Labute approximate surface area is 186 Å². The Morgan fingerprint density at radius 2 is 2.00 bits per heavy atom. The van der Waals surface area contributed by atoms with Gasteiger partial charge in [-0.15, -0.1) is 0 Å². The normalized spacial score (nSPS) is 21.6. The summed E-state index contributed by atoms with van der Waals surface area (Å²) in [5.41, 5.74) is 7.06. The van der Waals surface area contributed by atoms with E-state index in [2.05, 4.69) is 10.3 Å². The fourth-order valence-corrected chi connectivity index (χ4v) is 3.83. The molecule has 1 aromatic carbocycles. The first-order valence-corrected chi connectivity index (χ1v) is 10.5. The summed E-state index contributed by atoms with van der Waals surface area (Å²) in [6, 6.07) is 8.08. The maximum Gasteiger partial charge on any atom is 0.252 e. The van der Waals surface area contributed by atoms with Gasteiger partial charge >= 0.3 is 0 Å². The number of aldehydes is 1. The fourth-order valence-electron chi connectivity index (χ4n) is 3.83. The number of hydroxylamine groups is 3. The van der Waals surface area contributed by atoms with Crippen molar-refractivity contribution in [2.24, 2.45) is 11.6 Å². The second-order valence-electron chi connectivity index (χ2n) is 8.48. The summed E-state index contributed by atoms with van der Waals surface area (Å²) < 4.78 is 14.4. The third-order valence-electron chi connectivity index (χ3n) is 5.93. The average molecular weight is 445 g/mol. The van der Waals surface area contributed by atoms with Crippen LogP contribution in [0.1, 0.15) is 48.0 Å². The minimum Gasteiger partial charge on any atom is -0.633 e. The van der Waals surface area contributed by atoms with E-state index in [1.807, 2.05) is 24.3 Å². The van der Waals surface area contributed by atoms with Crippen LogP contribution in [0.5, 0.6) is 0 Å². The highest BCUT2D eigenvalue weighted by molar-refractivity contribution is 5.98. The van der Waals surface area contributed by atoms with Gasteiger partial charge in [0.15, 0.2) is 11.6 Å². The van der Waals surface area contributed by atoms with Gasteiger partial charge < -0.3 is 25.7 Å². The van der Waals surface area contributed by atoms with E-state index < -0.39 is 17.8 Å². The van der Waals surface area contributed by atoms with Crippen LogP contribution in [0.4, 0.5) is 21.7 Å². The first kappa shape index (κ1) is 23.6. The SMILES string of the molecule is CC(CC=O)N(N)c1nc(Nc2ccc(C3CC[N+](C)([O-])CC3)cc2)c(C(N)=O)cc1F. The fraction of sp³-hybridized carbons (Fsp3) is 0.409. The smallest absolute Gasteiger partial charge is 0.252 e. The number of carbonyl (C=O) groups is 2. The molecule has 172 valence electrons. The molecule has 32 heavy (non-hydrogen) atoms. The van der Waals surface area contributed by atoms with Crippen LogP contribution in [0.2, 0.25) is 0 Å². The largest absolute Gasteiger partial charge is 0.633 e. The Morgan fingerprint density at radius 3 is 2.56 bits per heavy atom. The lowest BCUT2D eigenvalue weighted by Gasteiger charge is -2.44. The number of rotatable bonds is 8. The number of aromatic nitrogens is 1. The summed E-state index contributed by atoms with van der Waals surface area (Å²) in [6.45, 7) is 2.84. The quantitative estimate of drug-likeness (QED) is 0.187. The van der Waals surface area contributed by atoms with Gasteiger partial charge in [0.25, 0.3) is 5.91 Å². The van der Waals surface area contributed by atoms with Gasteiger partial charge in [-0.2, -0.15) is 0 Å². The van der Waals surface area contributed by atoms with Crippen molar-refractivity contribution in [3.8, 4) is 0 Å². The zero-order valence-corrected chi connectivity index (χ0v) is 18.3. The van der Waals surface area contributed by atoms with Crippen molar-refractivity contribution in [1.29, 1.82) is 0 Å². The molecule has 1 unspecified atom stereocenters. The molecule has 1 aliphatic heterocycles. The molecule has 2 aromatic rings. The third-order valence-corrected chi connectivity index (χ3v) is 5.93. The number of primary amides is 1. The van der Waals surface area contributed by atoms with Gasteiger partial charge in [-0.05, 0) is 36.6 Å². The number of hydrogen-bond donors (Lipinski definition) is 3. The molecule has 2 heterocycles. The van der Waals surface area contributed by atoms with Gasteiger partial charge in [-0.3, -0.25) is 9.80 Å². The van der Waals surface area contributed by atoms with Crippen LogP contribution in [0.15, 0.2) is 30.3 Å². The Hall–Kier alpha value is -3.08. The number of nitrogens with one attached hydrogen (secondary N) is 1. The van der Waals surface area contributed by atoms with Crippen LogP contribution >= 0.6 is 0 Å². The van der Waals surface area contributed by atoms with Crippen LogP contribution in [0.3, 0.4) is 0 Å². The molecule has 0 bridgehead atoms. The Kier molecular flexibility index (Phi) is 7.07. The zero-order valence-electron chi connectivity index (χ0n) is 18.3. The minimum atomic E-state index is -0.840. The van der Waals surface area contributed by atoms with Crippen molar-refractivity contribution in [2.45, 2.75) is 38.1 Å². The number of nitrogens with two attached hydrogens (primary N) is 2. The van der Waals surface area contributed by atoms with Crippen molar-refractivity contribution in [1.82, 2.24) is 4.98 Å². The molecule has 0 saturated carbocycles. The van der Waals surface area contributed by atoms with Crippen LogP contribution in [-0.4, -0.2) is 48.0 Å². The predicted molar refractivity (Wildman–Crippen MR) is 121 cm³/mol. The molecule has 3 rings (SSSR count). The Balaban J connectivity index is 1.83. The molecule has 0 spiro atoms. The molecule has 1 saturated heterocycles. The zero-order chi connectivity index (χ0) is 23.5. The number of nitrogens with zero attached hydrogens (tertiary/aromatic N) is 3. The van der Waals surface area contributed by atoms with Gasteiger partial charge in [-0.1, -0.05) is 12.1 Å². The highest BCUT2D eigenvalue weighted by Gasteiger charge is 2.25. The summed E-state index contributed by atoms with van der Waals surface area (Å²) in [5.74, 6) is 4.46. The topological polar surface area (TPSA) is 137 Å². The Morgan fingerprint density at radius 1 is 1.38 bits per heavy atom. The molecule has 0 radical (unpaired) electrons. The van der Waals surface area contributed by atoms with Crippen molar-refractivity contribution in [3.63, 3.8) is 0 Å². The molecule has 1 atom stereocenters. The molecular weight excluding hydrogens is 415 g/mol. The second kappa shape index (κ2) is 9.60. The predicted octanol–water partition coefficient (Wildman–Crippen LogP) is 2.54. The number of halogens is 1. The van der Waals surface area contributed by atoms with E-state index in [0.717, 1.165) is 29.5 Å². The van der Waals surface area contributed by atoms with Crippen LogP contribution in [0.25, 0.3) is 0 Å². The first-order valence-electron chi connectivity index (χ1n) is 10.5. The van der Waals surface area contributed by atoms with Crippen molar-refractivity contribution in [2.75, 3.05) is 30.5 Å². The number of carbonyl (C=O) groups excluding carboxylic acids is 2. The number of likely N-dealkylation sites (tertiary alicyclic amines) is 1. The van der Waals surface area contributed by atoms with E-state index in [4.69, 9.17) is 11.6 Å². The molecule has 1 aliphatic rings. The van der Waals surface area contributed by atoms with Crippen LogP contribution < -0.4 is 21.9 Å². The molecule has 1 fully saturated rings. The number of quaternary nitrogens is 1. The van der Waals surface area contributed by atoms with Crippen molar-refractivity contribution < 1.29 is 18.6 Å². The standard InChI is InChI=1S/C22H29FN6O3/c1-14(9-12-30)28(25)22-19(23)13-18(20(24)31)21(27-22)26-17-5-3-15(4-6-17)16-7-10-29(2,32)11-8-16/h3-6,12-14,16H,7-11,25H2,1-2H3,(H2,24,31)(H,26,27). The number of benzene rings is 1. The monoisotopic (exact) mass is 444 g/mol. The molecule has 10 heteroatoms. The van der Waals surface area contributed by atoms with Gasteiger partial charge in [0.05, 0.1) is 31.7 Å². The number of hydrogen-bond acceptors (Lipinski definition) is 7. The number of amides is 1. The van der Waals surface area contributed by atoms with E-state index in [9.17, 15) is 19.2 Å². The summed E-state index contributed by atoms with van der Waals surface area (Å²) in [5, 5.41) is 16.1. The number of hydrazine groups is 1. The summed E-state index contributed by atoms with van der Waals surface area (Å²) in [4.78, 5) is 26.8. The van der Waals surface area contributed by atoms with E-state index >= 15 is 0 Å². The number of piperidine rings is 1. The summed E-state index contributed by atoms with van der Waals surface area (Å²) in [6.07, 6.45) is 2.42. The highest BCUT2D eigenvalue weighted by Crippen LogP contribution is 2.32. The van der Waals surface area contributed by atoms with Crippen molar-refractivity contribution in [3.05, 3.63) is 52.5 Å². The molecule has 0 aliphatic carbocycles. The van der Waals surface area contributed by atoms with Gasteiger partial charge in [-0.25, -0.2) is 15.2 Å². The maximum atomic E-state index is 14.6. The average Bonchev–Trinajstić information content (AvgIpc) is 2.75. The Bertz CT molecular complexity index is 972. The lowest BCUT2D eigenvalue weighted by Crippen LogP contribution is -2.43. The summed E-state index contributed by atoms with van der Waals surface area (Å²) in [7, 11) is 1.70. The van der Waals surface area contributed by atoms with E-state index in [1.165, 1.54) is 0 Å². The van der Waals surface area contributed by atoms with Gasteiger partial charge in [0.1, 0.15) is 12.1 Å². The molecule has 1 amide bonds. The van der Waals surface area contributed by atoms with Crippen LogP contribution in [-0.2, 0) is 4.79 Å². The minimum absolute atomic E-state index is 0.0625. The molecule has 9 nitrogen and oxygen atoms in total. The van der Waals surface area contributed by atoms with E-state index in [-0.39, 0.29) is 28.3 Å². The van der Waals surface area contributed by atoms with Crippen molar-refractivity contribution >= 4 is 29.5 Å². The summed E-state index contributed by atoms with van der Waals surface area (Å²) >= 11 is 0. The number of anilines is 3. The highest BCUT2D eigenvalue weighted by atomic mass is 19.1. The first-order chi connectivity index (χ1) is 15.1. The lowest BCUT2D eigenvalue weighted by atomic mass is 9.89. The van der Waals surface area contributed by atoms with Gasteiger partial charge in [0, 0.05) is 24.9 Å². The van der Waals surface area contributed by atoms with E-state index in [0.29, 0.717) is 31.0 Å². The van der Waals surface area contributed by atoms with Crippen LogP contribution in [0, 0.1) is 11.0 Å². The van der Waals surface area contributed by atoms with Gasteiger partial charge in [0.2, 0.25) is 0 Å².